The van der Waals surface area contributed by atoms with E-state index in [0.29, 0.717) is 11.0 Å². The molecule has 5 rings (SSSR count). The van der Waals surface area contributed by atoms with Gasteiger partial charge < -0.3 is 20.8 Å². The van der Waals surface area contributed by atoms with Crippen LogP contribution in [0.5, 0.6) is 0 Å². The van der Waals surface area contributed by atoms with Crippen LogP contribution < -0.4 is 16.9 Å². The highest BCUT2D eigenvalue weighted by Crippen LogP contribution is 2.37. The Bertz CT molecular complexity index is 1410. The van der Waals surface area contributed by atoms with Crippen molar-refractivity contribution in [3.63, 3.8) is 0 Å². The highest BCUT2D eigenvalue weighted by atomic mass is 79.9. The Kier molecular flexibility index (Phi) is 10.9. The van der Waals surface area contributed by atoms with Gasteiger partial charge in [0, 0.05) is 36.8 Å². The van der Waals surface area contributed by atoms with Crippen LogP contribution in [0.2, 0.25) is 0 Å². The fraction of sp³-hybridized carbons (Fsp3) is 0.214. The largest absolute Gasteiger partial charge is 0.498 e. The summed E-state index contributed by atoms with van der Waals surface area (Å²) in [5, 5.41) is 0. The number of hydrogen-bond donors (Lipinski definition) is 2. The van der Waals surface area contributed by atoms with E-state index in [1.165, 1.54) is 6.20 Å². The molecule has 12 heteroatoms. The zero-order chi connectivity index (χ0) is 29.7. The van der Waals surface area contributed by atoms with Crippen LogP contribution in [-0.4, -0.2) is 28.3 Å². The Balaban J connectivity index is 0.000000176. The molecule has 0 bridgehead atoms. The third kappa shape index (κ3) is 8.10. The van der Waals surface area contributed by atoms with Gasteiger partial charge in [-0.1, -0.05) is 59.9 Å². The number of pyridine rings is 2. The fourth-order valence-electron chi connectivity index (χ4n) is 3.35. The maximum absolute atomic E-state index is 13.3. The third-order valence-electron chi connectivity index (χ3n) is 6.37. The quantitative estimate of drug-likeness (QED) is 0.206. The number of aromatic nitrogens is 2. The average molecular weight is 741 g/mol. The molecular weight excluding hydrogens is 713 g/mol. The van der Waals surface area contributed by atoms with E-state index >= 15 is 0 Å². The molecule has 4 aromatic rings. The molecule has 6 nitrogen and oxygen atoms in total. The summed E-state index contributed by atoms with van der Waals surface area (Å²) in [7, 11) is -0.678. The van der Waals surface area contributed by atoms with Crippen molar-refractivity contribution < 1.29 is 18.1 Å². The second kappa shape index (κ2) is 13.5. The minimum Gasteiger partial charge on any atom is -0.399 e. The van der Waals surface area contributed by atoms with Crippen LogP contribution in [0.15, 0.2) is 86.7 Å². The van der Waals surface area contributed by atoms with Crippen molar-refractivity contribution in [3.8, 4) is 11.1 Å². The number of nitrogens with zero attached hydrogens (tertiary/aromatic N) is 2. The summed E-state index contributed by atoms with van der Waals surface area (Å²) in [6.45, 7) is 7.71. The van der Waals surface area contributed by atoms with Crippen LogP contribution in [0.25, 0.3) is 11.1 Å². The minimum absolute atomic E-state index is 0.0264. The maximum Gasteiger partial charge on any atom is 0.498 e. The lowest BCUT2D eigenvalue weighted by Gasteiger charge is -2.32. The van der Waals surface area contributed by atoms with Gasteiger partial charge in [0.2, 0.25) is 0 Å². The maximum atomic E-state index is 13.3. The topological polar surface area (TPSA) is 96.3 Å². The van der Waals surface area contributed by atoms with Crippen molar-refractivity contribution >= 4 is 71.7 Å². The van der Waals surface area contributed by atoms with E-state index in [1.807, 2.05) is 76.2 Å². The lowest BCUT2D eigenvalue weighted by atomic mass is 9.79. The Labute approximate surface area is 258 Å². The molecule has 1 aliphatic heterocycles. The number of halogens is 5. The van der Waals surface area contributed by atoms with Gasteiger partial charge in [-0.15, -0.1) is 0 Å². The molecule has 1 aliphatic rings. The SMILES string of the molecule is Brc1ccc(Br)cc1.CC1(C)OB(c2cncc(F)c2N)OC1(C)C.Nc1c(F)cncc1-c1ccc(Br)cc1. The van der Waals surface area contributed by atoms with Crippen LogP contribution in [0.4, 0.5) is 20.2 Å². The van der Waals surface area contributed by atoms with Crippen LogP contribution >= 0.6 is 47.8 Å². The molecule has 4 N–H and O–H groups in total. The number of nitrogen functional groups attached to an aromatic ring is 2. The summed E-state index contributed by atoms with van der Waals surface area (Å²) >= 11 is 9.98. The molecule has 3 heterocycles. The third-order valence-corrected chi connectivity index (χ3v) is 7.96. The monoisotopic (exact) mass is 738 g/mol. The standard InChI is InChI=1S/C11H16BFN2O2.C11H8BrFN2.C6H4Br2/c1-10(2)11(3,4)17-12(16-10)7-5-15-6-8(13)9(7)14;12-8-3-1-7(2-4-8)9-5-15-6-10(13)11(9)14;7-5-1-2-6(8)4-3-5/h5-6H,1-4H3,(H2,14,15);1-6H,(H2,14,15);1-4H. The van der Waals surface area contributed by atoms with E-state index in [0.717, 1.165) is 31.4 Å². The van der Waals surface area contributed by atoms with Gasteiger partial charge in [-0.3, -0.25) is 9.97 Å². The van der Waals surface area contributed by atoms with E-state index in [9.17, 15) is 8.78 Å². The average Bonchev–Trinajstić information content (AvgIpc) is 3.12. The van der Waals surface area contributed by atoms with Crippen LogP contribution in [0.3, 0.4) is 0 Å². The lowest BCUT2D eigenvalue weighted by molar-refractivity contribution is 0.00578. The summed E-state index contributed by atoms with van der Waals surface area (Å²) in [6.07, 6.45) is 5.21. The molecular formula is C28H28BBr3F2N4O2. The van der Waals surface area contributed by atoms with Crippen LogP contribution in [0, 0.1) is 11.6 Å². The molecule has 1 saturated heterocycles. The van der Waals surface area contributed by atoms with Crippen LogP contribution in [-0.2, 0) is 9.31 Å². The number of anilines is 2. The first-order valence-corrected chi connectivity index (χ1v) is 14.4. The normalized spacial score (nSPS) is 15.0. The first kappa shape index (κ1) is 32.1. The zero-order valence-electron chi connectivity index (χ0n) is 22.3. The molecule has 2 aromatic carbocycles. The fourth-order valence-corrected chi connectivity index (χ4v) is 4.14. The minimum atomic E-state index is -0.678. The Hall–Kier alpha value is -2.38. The summed E-state index contributed by atoms with van der Waals surface area (Å²) in [6, 6.07) is 15.4. The van der Waals surface area contributed by atoms with E-state index in [1.54, 1.807) is 6.20 Å². The van der Waals surface area contributed by atoms with Gasteiger partial charge in [0.05, 0.1) is 35.0 Å². The number of rotatable bonds is 2. The molecule has 2 aromatic heterocycles. The molecule has 0 atom stereocenters. The predicted octanol–water partition coefficient (Wildman–Crippen LogP) is 7.55. The first-order valence-electron chi connectivity index (χ1n) is 12.0. The zero-order valence-corrected chi connectivity index (χ0v) is 27.0. The lowest BCUT2D eigenvalue weighted by Crippen LogP contribution is -2.41. The van der Waals surface area contributed by atoms with Gasteiger partial charge in [0.25, 0.3) is 0 Å². The van der Waals surface area contributed by atoms with Gasteiger partial charge in [-0.05, 0) is 69.7 Å². The highest BCUT2D eigenvalue weighted by molar-refractivity contribution is 9.11. The van der Waals surface area contributed by atoms with Gasteiger partial charge in [0.1, 0.15) is 0 Å². The van der Waals surface area contributed by atoms with E-state index in [4.69, 9.17) is 20.8 Å². The molecule has 0 saturated carbocycles. The van der Waals surface area contributed by atoms with Gasteiger partial charge in [0.15, 0.2) is 11.6 Å². The molecule has 0 unspecified atom stereocenters. The summed E-state index contributed by atoms with van der Waals surface area (Å²) in [4.78, 5) is 7.55. The molecule has 0 spiro atoms. The van der Waals surface area contributed by atoms with Crippen LogP contribution in [0.1, 0.15) is 27.7 Å². The molecule has 40 heavy (non-hydrogen) atoms. The van der Waals surface area contributed by atoms with Crippen molar-refractivity contribution in [1.29, 1.82) is 0 Å². The summed E-state index contributed by atoms with van der Waals surface area (Å²) in [5.74, 6) is -1.05. The van der Waals surface area contributed by atoms with Gasteiger partial charge in [-0.25, -0.2) is 8.78 Å². The van der Waals surface area contributed by atoms with Gasteiger partial charge in [-0.2, -0.15) is 0 Å². The Morgan fingerprint density at radius 1 is 0.650 bits per heavy atom. The van der Waals surface area contributed by atoms with Crippen molar-refractivity contribution in [2.75, 3.05) is 11.5 Å². The van der Waals surface area contributed by atoms with E-state index in [-0.39, 0.29) is 11.4 Å². The van der Waals surface area contributed by atoms with Crippen molar-refractivity contribution in [1.82, 2.24) is 9.97 Å². The smallest absolute Gasteiger partial charge is 0.399 e. The summed E-state index contributed by atoms with van der Waals surface area (Å²) < 4.78 is 41.2. The van der Waals surface area contributed by atoms with Crippen molar-refractivity contribution in [3.05, 3.63) is 98.4 Å². The molecule has 1 fully saturated rings. The van der Waals surface area contributed by atoms with Crippen molar-refractivity contribution in [2.45, 2.75) is 38.9 Å². The summed E-state index contributed by atoms with van der Waals surface area (Å²) in [5.41, 5.74) is 12.4. The number of benzene rings is 2. The van der Waals surface area contributed by atoms with E-state index < -0.39 is 30.0 Å². The van der Waals surface area contributed by atoms with Gasteiger partial charge >= 0.3 is 7.12 Å². The first-order chi connectivity index (χ1) is 18.7. The molecule has 210 valence electrons. The molecule has 0 radical (unpaired) electrons. The number of hydrogen-bond acceptors (Lipinski definition) is 6. The molecule has 0 amide bonds. The Morgan fingerprint density at radius 3 is 1.52 bits per heavy atom. The highest BCUT2D eigenvalue weighted by Gasteiger charge is 2.52. The van der Waals surface area contributed by atoms with Crippen molar-refractivity contribution in [2.24, 2.45) is 0 Å². The second-order valence-corrected chi connectivity index (χ2v) is 12.5. The number of nitrogens with two attached hydrogens (primary N) is 2. The van der Waals surface area contributed by atoms with E-state index in [2.05, 4.69) is 57.8 Å². The molecule has 0 aliphatic carbocycles. The second-order valence-electron chi connectivity index (χ2n) is 9.74. The predicted molar refractivity (Wildman–Crippen MR) is 168 cm³/mol. The Morgan fingerprint density at radius 2 is 1.05 bits per heavy atom.